The maximum absolute atomic E-state index is 12.2. The van der Waals surface area contributed by atoms with Crippen LogP contribution in [0.2, 0.25) is 0 Å². The summed E-state index contributed by atoms with van der Waals surface area (Å²) in [6.07, 6.45) is 1.42. The van der Waals surface area contributed by atoms with E-state index in [9.17, 15) is 4.79 Å². The first-order valence-corrected chi connectivity index (χ1v) is 7.63. The highest BCUT2D eigenvalue weighted by molar-refractivity contribution is 5.89. The normalized spacial score (nSPS) is 12.6. The molecule has 0 spiro atoms. The molecule has 0 saturated carbocycles. The molecule has 0 radical (unpaired) electrons. The van der Waals surface area contributed by atoms with Gasteiger partial charge in [-0.15, -0.1) is 0 Å². The van der Waals surface area contributed by atoms with Crippen LogP contribution in [0.5, 0.6) is 0 Å². The van der Waals surface area contributed by atoms with E-state index in [0.29, 0.717) is 0 Å². The van der Waals surface area contributed by atoms with E-state index in [-0.39, 0.29) is 11.6 Å². The lowest BCUT2D eigenvalue weighted by molar-refractivity contribution is 0.0544. The van der Waals surface area contributed by atoms with Gasteiger partial charge in [-0.05, 0) is 65.3 Å². The molecule has 4 heteroatoms. The molecule has 0 amide bonds. The van der Waals surface area contributed by atoms with Crippen LogP contribution >= 0.6 is 0 Å². The number of fused-ring (bicyclic) bond motifs is 1. The van der Waals surface area contributed by atoms with Crippen LogP contribution in [-0.4, -0.2) is 21.8 Å². The first-order valence-electron chi connectivity index (χ1n) is 7.63. The maximum atomic E-state index is 12.2. The van der Waals surface area contributed by atoms with Gasteiger partial charge in [0.05, 0.1) is 5.52 Å². The fraction of sp³-hybridized carbons (Fsp3) is 0.500. The summed E-state index contributed by atoms with van der Waals surface area (Å²) in [5.74, 6) is 0. The third kappa shape index (κ3) is 4.34. The minimum absolute atomic E-state index is 0.0808. The number of nitrogens with one attached hydrogen (secondary N) is 1. The Kier molecular flexibility index (Phi) is 4.34. The Morgan fingerprint density at radius 2 is 1.82 bits per heavy atom. The Balaban J connectivity index is 2.21. The van der Waals surface area contributed by atoms with Crippen LogP contribution < -0.4 is 5.32 Å². The fourth-order valence-corrected chi connectivity index (χ4v) is 2.14. The molecule has 2 aromatic rings. The van der Waals surface area contributed by atoms with Gasteiger partial charge in [0.15, 0.2) is 0 Å². The zero-order valence-corrected chi connectivity index (χ0v) is 14.4. The molecule has 22 heavy (non-hydrogen) atoms. The molecule has 0 atom stereocenters. The maximum Gasteiger partial charge on any atom is 0.418 e. The van der Waals surface area contributed by atoms with Gasteiger partial charge in [-0.25, -0.2) is 4.79 Å². The number of aromatic nitrogens is 1. The van der Waals surface area contributed by atoms with E-state index in [1.165, 1.54) is 5.56 Å². The molecule has 0 fully saturated rings. The van der Waals surface area contributed by atoms with Crippen molar-refractivity contribution in [3.05, 3.63) is 36.0 Å². The summed E-state index contributed by atoms with van der Waals surface area (Å²) in [7, 11) is 0. The molecule has 2 rings (SSSR count). The lowest BCUT2D eigenvalue weighted by Gasteiger charge is -2.21. The summed E-state index contributed by atoms with van der Waals surface area (Å²) in [5, 5.41) is 4.51. The van der Waals surface area contributed by atoms with Crippen molar-refractivity contribution in [3.8, 4) is 0 Å². The third-order valence-electron chi connectivity index (χ3n) is 3.17. The number of carbonyl (C=O) groups is 1. The number of carbonyl (C=O) groups excluding carboxylic acids is 1. The van der Waals surface area contributed by atoms with Gasteiger partial charge in [0.25, 0.3) is 0 Å². The van der Waals surface area contributed by atoms with Gasteiger partial charge < -0.3 is 10.1 Å². The first kappa shape index (κ1) is 16.6. The highest BCUT2D eigenvalue weighted by Gasteiger charge is 2.19. The van der Waals surface area contributed by atoms with Gasteiger partial charge in [0, 0.05) is 23.7 Å². The van der Waals surface area contributed by atoms with Gasteiger partial charge in [-0.2, -0.15) is 0 Å². The average molecular weight is 302 g/mol. The van der Waals surface area contributed by atoms with Crippen molar-refractivity contribution in [2.45, 2.75) is 59.2 Å². The number of ether oxygens (including phenoxy) is 1. The quantitative estimate of drug-likeness (QED) is 0.898. The topological polar surface area (TPSA) is 43.3 Å². The second-order valence-corrected chi connectivity index (χ2v) is 7.66. The van der Waals surface area contributed by atoms with Crippen LogP contribution in [0, 0.1) is 0 Å². The molecule has 1 aromatic heterocycles. The molecule has 0 saturated heterocycles. The minimum Gasteiger partial charge on any atom is -0.443 e. The standard InChI is InChI=1S/C18H26N2O2/c1-17(2,3)19-12-13-7-8-15-14(11-13)9-10-20(15)16(21)22-18(4,5)6/h7-11,19H,12H2,1-6H3. The molecule has 1 heterocycles. The molecule has 1 aromatic carbocycles. The smallest absolute Gasteiger partial charge is 0.418 e. The Morgan fingerprint density at radius 3 is 2.41 bits per heavy atom. The number of hydrogen-bond donors (Lipinski definition) is 1. The second-order valence-electron chi connectivity index (χ2n) is 7.66. The summed E-state index contributed by atoms with van der Waals surface area (Å²) < 4.78 is 6.98. The number of rotatable bonds is 2. The lowest BCUT2D eigenvalue weighted by Crippen LogP contribution is -2.35. The van der Waals surface area contributed by atoms with Crippen LogP contribution in [0.3, 0.4) is 0 Å². The summed E-state index contributed by atoms with van der Waals surface area (Å²) in [5.41, 5.74) is 1.65. The van der Waals surface area contributed by atoms with E-state index >= 15 is 0 Å². The van der Waals surface area contributed by atoms with Crippen molar-refractivity contribution in [1.29, 1.82) is 0 Å². The molecular formula is C18H26N2O2. The minimum atomic E-state index is -0.496. The van der Waals surface area contributed by atoms with Crippen molar-refractivity contribution >= 4 is 17.0 Å². The highest BCUT2D eigenvalue weighted by Crippen LogP contribution is 2.20. The van der Waals surface area contributed by atoms with Crippen molar-refractivity contribution in [2.24, 2.45) is 0 Å². The Bertz CT molecular complexity index is 672. The van der Waals surface area contributed by atoms with Gasteiger partial charge in [-0.1, -0.05) is 6.07 Å². The van der Waals surface area contributed by atoms with E-state index in [2.05, 4.69) is 32.2 Å². The van der Waals surface area contributed by atoms with Crippen molar-refractivity contribution in [2.75, 3.05) is 0 Å². The highest BCUT2D eigenvalue weighted by atomic mass is 16.6. The number of hydrogen-bond acceptors (Lipinski definition) is 3. The predicted octanol–water partition coefficient (Wildman–Crippen LogP) is 4.31. The summed E-state index contributed by atoms with van der Waals surface area (Å²) in [6.45, 7) is 12.8. The molecule has 0 aliphatic heterocycles. The van der Waals surface area contributed by atoms with Crippen molar-refractivity contribution in [1.82, 2.24) is 9.88 Å². The van der Waals surface area contributed by atoms with E-state index in [0.717, 1.165) is 17.4 Å². The summed E-state index contributed by atoms with van der Waals surface area (Å²) >= 11 is 0. The Hall–Kier alpha value is -1.81. The van der Waals surface area contributed by atoms with Crippen molar-refractivity contribution in [3.63, 3.8) is 0 Å². The predicted molar refractivity (Wildman–Crippen MR) is 90.2 cm³/mol. The van der Waals surface area contributed by atoms with Gasteiger partial charge in [0.2, 0.25) is 0 Å². The fourth-order valence-electron chi connectivity index (χ4n) is 2.14. The average Bonchev–Trinajstić information content (AvgIpc) is 2.76. The molecule has 0 bridgehead atoms. The third-order valence-corrected chi connectivity index (χ3v) is 3.17. The molecular weight excluding hydrogens is 276 g/mol. The SMILES string of the molecule is CC(C)(C)NCc1ccc2c(ccn2C(=O)OC(C)(C)C)c1. The zero-order chi connectivity index (χ0) is 16.5. The van der Waals surface area contributed by atoms with Gasteiger partial charge >= 0.3 is 6.09 Å². The van der Waals surface area contributed by atoms with E-state index in [1.54, 1.807) is 10.8 Å². The Labute approximate surface area is 132 Å². The van der Waals surface area contributed by atoms with Gasteiger partial charge in [0.1, 0.15) is 5.60 Å². The molecule has 0 aliphatic rings. The van der Waals surface area contributed by atoms with Crippen LogP contribution in [-0.2, 0) is 11.3 Å². The molecule has 4 nitrogen and oxygen atoms in total. The summed E-state index contributed by atoms with van der Waals surface area (Å²) in [6, 6.07) is 8.07. The molecule has 120 valence electrons. The van der Waals surface area contributed by atoms with Crippen LogP contribution in [0.25, 0.3) is 10.9 Å². The summed E-state index contributed by atoms with van der Waals surface area (Å²) in [4.78, 5) is 12.2. The van der Waals surface area contributed by atoms with Crippen LogP contribution in [0.1, 0.15) is 47.1 Å². The van der Waals surface area contributed by atoms with E-state index < -0.39 is 5.60 Å². The van der Waals surface area contributed by atoms with Crippen LogP contribution in [0.15, 0.2) is 30.5 Å². The number of nitrogens with zero attached hydrogens (tertiary/aromatic N) is 1. The van der Waals surface area contributed by atoms with E-state index in [4.69, 9.17) is 4.74 Å². The number of benzene rings is 1. The second kappa shape index (κ2) is 5.76. The lowest BCUT2D eigenvalue weighted by atomic mass is 10.1. The molecule has 0 unspecified atom stereocenters. The zero-order valence-electron chi connectivity index (χ0n) is 14.4. The molecule has 0 aliphatic carbocycles. The Morgan fingerprint density at radius 1 is 1.14 bits per heavy atom. The van der Waals surface area contributed by atoms with Crippen molar-refractivity contribution < 1.29 is 9.53 Å². The van der Waals surface area contributed by atoms with Crippen LogP contribution in [0.4, 0.5) is 4.79 Å². The largest absolute Gasteiger partial charge is 0.443 e. The first-order chi connectivity index (χ1) is 10.1. The monoisotopic (exact) mass is 302 g/mol. The van der Waals surface area contributed by atoms with Gasteiger partial charge in [-0.3, -0.25) is 4.57 Å². The van der Waals surface area contributed by atoms with E-state index in [1.807, 2.05) is 39.0 Å². The molecule has 1 N–H and O–H groups in total.